The first-order valence-electron chi connectivity index (χ1n) is 8.50. The summed E-state index contributed by atoms with van der Waals surface area (Å²) in [4.78, 5) is 19.2. The average molecular weight is 363 g/mol. The van der Waals surface area contributed by atoms with Crippen LogP contribution < -0.4 is 5.73 Å². The Morgan fingerprint density at radius 1 is 1.36 bits per heavy atom. The van der Waals surface area contributed by atoms with E-state index in [2.05, 4.69) is 4.98 Å². The van der Waals surface area contributed by atoms with E-state index < -0.39 is 0 Å². The number of carbonyl (C=O) groups is 1. The highest BCUT2D eigenvalue weighted by Crippen LogP contribution is 2.28. The van der Waals surface area contributed by atoms with Crippen LogP contribution in [0.1, 0.15) is 28.9 Å². The van der Waals surface area contributed by atoms with Gasteiger partial charge in [-0.2, -0.15) is 0 Å². The molecule has 0 saturated carbocycles. The number of nitrogens with zero attached hydrogens (tertiary/aromatic N) is 2. The summed E-state index contributed by atoms with van der Waals surface area (Å²) < 4.78 is 19.6. The Kier molecular flexibility index (Phi) is 6.12. The quantitative estimate of drug-likeness (QED) is 0.801. The number of hydrogen-bond acceptors (Lipinski definition) is 5. The van der Waals surface area contributed by atoms with Gasteiger partial charge in [0.2, 0.25) is 0 Å². The maximum atomic E-state index is 13.9. The fourth-order valence-electron chi connectivity index (χ4n) is 2.85. The van der Waals surface area contributed by atoms with Crippen molar-refractivity contribution >= 4 is 17.2 Å². The summed E-state index contributed by atoms with van der Waals surface area (Å²) in [6.07, 6.45) is 4.26. The third-order valence-electron chi connectivity index (χ3n) is 4.25. The molecule has 3 rings (SSSR count). The Balaban J connectivity index is 1.59. The second-order valence-electron chi connectivity index (χ2n) is 6.01. The summed E-state index contributed by atoms with van der Waals surface area (Å²) in [7, 11) is 0. The van der Waals surface area contributed by atoms with E-state index in [1.807, 2.05) is 4.90 Å². The number of piperidine rings is 1. The van der Waals surface area contributed by atoms with E-state index in [9.17, 15) is 9.18 Å². The SMILES string of the molecule is NCCCOC1CCN(C(=O)c2cnc(-c3ccccc3F)s2)CC1. The van der Waals surface area contributed by atoms with Crippen molar-refractivity contribution in [3.05, 3.63) is 41.2 Å². The number of benzene rings is 1. The van der Waals surface area contributed by atoms with Crippen molar-refractivity contribution in [2.75, 3.05) is 26.2 Å². The minimum Gasteiger partial charge on any atom is -0.378 e. The minimum atomic E-state index is -0.328. The normalized spacial score (nSPS) is 15.5. The molecule has 0 aliphatic carbocycles. The van der Waals surface area contributed by atoms with Crippen LogP contribution in [0.25, 0.3) is 10.6 Å². The lowest BCUT2D eigenvalue weighted by molar-refractivity contribution is 0.00857. The van der Waals surface area contributed by atoms with Gasteiger partial charge in [-0.25, -0.2) is 9.37 Å². The van der Waals surface area contributed by atoms with Gasteiger partial charge in [-0.3, -0.25) is 4.79 Å². The maximum absolute atomic E-state index is 13.9. The molecule has 0 spiro atoms. The number of aromatic nitrogens is 1. The van der Waals surface area contributed by atoms with Gasteiger partial charge in [-0.05, 0) is 37.9 Å². The number of rotatable bonds is 6. The molecule has 1 saturated heterocycles. The number of nitrogens with two attached hydrogens (primary N) is 1. The standard InChI is InChI=1S/C18H22FN3O2S/c19-15-5-2-1-4-14(15)17-21-12-16(25-17)18(23)22-9-6-13(7-10-22)24-11-3-8-20/h1-2,4-5,12-13H,3,6-11,20H2. The number of likely N-dealkylation sites (tertiary alicyclic amines) is 1. The fraction of sp³-hybridized carbons (Fsp3) is 0.444. The van der Waals surface area contributed by atoms with Gasteiger partial charge >= 0.3 is 0 Å². The van der Waals surface area contributed by atoms with Crippen LogP contribution in [-0.2, 0) is 4.74 Å². The highest BCUT2D eigenvalue weighted by atomic mass is 32.1. The van der Waals surface area contributed by atoms with Crippen molar-refractivity contribution < 1.29 is 13.9 Å². The zero-order valence-corrected chi connectivity index (χ0v) is 14.8. The Hall–Kier alpha value is -1.83. The molecule has 5 nitrogen and oxygen atoms in total. The van der Waals surface area contributed by atoms with Crippen molar-refractivity contribution in [2.45, 2.75) is 25.4 Å². The lowest BCUT2D eigenvalue weighted by Crippen LogP contribution is -2.40. The monoisotopic (exact) mass is 363 g/mol. The van der Waals surface area contributed by atoms with Crippen molar-refractivity contribution in [1.82, 2.24) is 9.88 Å². The summed E-state index contributed by atoms with van der Waals surface area (Å²) in [5, 5.41) is 0.529. The summed E-state index contributed by atoms with van der Waals surface area (Å²) in [6.45, 7) is 2.64. The minimum absolute atomic E-state index is 0.0412. The molecule has 134 valence electrons. The fourth-order valence-corrected chi connectivity index (χ4v) is 3.76. The van der Waals surface area contributed by atoms with E-state index in [1.54, 1.807) is 24.4 Å². The van der Waals surface area contributed by atoms with Crippen LogP contribution >= 0.6 is 11.3 Å². The molecular weight excluding hydrogens is 341 g/mol. The molecule has 1 aliphatic rings. The van der Waals surface area contributed by atoms with Crippen molar-refractivity contribution in [1.29, 1.82) is 0 Å². The molecule has 0 radical (unpaired) electrons. The van der Waals surface area contributed by atoms with E-state index in [-0.39, 0.29) is 17.8 Å². The van der Waals surface area contributed by atoms with Crippen molar-refractivity contribution in [2.24, 2.45) is 5.73 Å². The zero-order valence-electron chi connectivity index (χ0n) is 14.0. The molecule has 25 heavy (non-hydrogen) atoms. The van der Waals surface area contributed by atoms with Gasteiger partial charge in [0.1, 0.15) is 15.7 Å². The number of hydrogen-bond donors (Lipinski definition) is 1. The molecule has 0 atom stereocenters. The maximum Gasteiger partial charge on any atom is 0.265 e. The summed E-state index contributed by atoms with van der Waals surface area (Å²) in [5.74, 6) is -0.369. The molecule has 0 bridgehead atoms. The Bertz CT molecular complexity index is 714. The van der Waals surface area contributed by atoms with Gasteiger partial charge in [0.15, 0.2) is 0 Å². The molecule has 1 fully saturated rings. The van der Waals surface area contributed by atoms with Crippen LogP contribution in [-0.4, -0.2) is 48.1 Å². The van der Waals surface area contributed by atoms with Crippen LogP contribution in [0.2, 0.25) is 0 Å². The number of thiazole rings is 1. The van der Waals surface area contributed by atoms with E-state index in [0.717, 1.165) is 19.3 Å². The molecular formula is C18H22FN3O2S. The molecule has 2 heterocycles. The second-order valence-corrected chi connectivity index (χ2v) is 7.04. The van der Waals surface area contributed by atoms with Crippen LogP contribution in [0.15, 0.2) is 30.5 Å². The molecule has 2 N–H and O–H groups in total. The van der Waals surface area contributed by atoms with E-state index in [4.69, 9.17) is 10.5 Å². The van der Waals surface area contributed by atoms with Crippen LogP contribution in [0, 0.1) is 5.82 Å². The lowest BCUT2D eigenvalue weighted by atomic mass is 10.1. The van der Waals surface area contributed by atoms with Gasteiger partial charge < -0.3 is 15.4 Å². The van der Waals surface area contributed by atoms with Crippen LogP contribution in [0.4, 0.5) is 4.39 Å². The third-order valence-corrected chi connectivity index (χ3v) is 5.27. The zero-order chi connectivity index (χ0) is 17.6. The number of amides is 1. The van der Waals surface area contributed by atoms with E-state index >= 15 is 0 Å². The predicted molar refractivity (Wildman–Crippen MR) is 96.1 cm³/mol. The highest BCUT2D eigenvalue weighted by Gasteiger charge is 2.25. The van der Waals surface area contributed by atoms with Gasteiger partial charge in [-0.15, -0.1) is 11.3 Å². The second kappa shape index (κ2) is 8.51. The summed E-state index contributed by atoms with van der Waals surface area (Å²) in [6, 6.07) is 6.47. The molecule has 7 heteroatoms. The summed E-state index contributed by atoms with van der Waals surface area (Å²) >= 11 is 1.23. The molecule has 2 aromatic rings. The first-order valence-corrected chi connectivity index (χ1v) is 9.32. The predicted octanol–water partition coefficient (Wildman–Crippen LogP) is 2.92. The molecule has 1 aliphatic heterocycles. The first-order chi connectivity index (χ1) is 12.2. The Labute approximate surface area is 150 Å². The third kappa shape index (κ3) is 4.42. The number of ether oxygens (including phenoxy) is 1. The molecule has 1 amide bonds. The largest absolute Gasteiger partial charge is 0.378 e. The molecule has 0 unspecified atom stereocenters. The number of carbonyl (C=O) groups excluding carboxylic acids is 1. The van der Waals surface area contributed by atoms with Crippen molar-refractivity contribution in [3.63, 3.8) is 0 Å². The van der Waals surface area contributed by atoms with E-state index in [0.29, 0.717) is 41.7 Å². The first kappa shape index (κ1) is 18.0. The van der Waals surface area contributed by atoms with Crippen molar-refractivity contribution in [3.8, 4) is 10.6 Å². The topological polar surface area (TPSA) is 68.5 Å². The lowest BCUT2D eigenvalue weighted by Gasteiger charge is -2.31. The molecule has 1 aromatic carbocycles. The average Bonchev–Trinajstić information content (AvgIpc) is 3.12. The van der Waals surface area contributed by atoms with E-state index in [1.165, 1.54) is 17.4 Å². The van der Waals surface area contributed by atoms with Gasteiger partial charge in [0.05, 0.1) is 12.3 Å². The molecule has 1 aromatic heterocycles. The van der Waals surface area contributed by atoms with Gasteiger partial charge in [-0.1, -0.05) is 12.1 Å². The van der Waals surface area contributed by atoms with Gasteiger partial charge in [0, 0.05) is 25.3 Å². The highest BCUT2D eigenvalue weighted by molar-refractivity contribution is 7.16. The van der Waals surface area contributed by atoms with Crippen LogP contribution in [0.5, 0.6) is 0 Å². The van der Waals surface area contributed by atoms with Gasteiger partial charge in [0.25, 0.3) is 5.91 Å². The van der Waals surface area contributed by atoms with Crippen LogP contribution in [0.3, 0.4) is 0 Å². The Morgan fingerprint density at radius 2 is 2.12 bits per heavy atom. The summed E-state index contributed by atoms with van der Waals surface area (Å²) in [5.41, 5.74) is 5.89. The number of halogens is 1. The Morgan fingerprint density at radius 3 is 2.84 bits per heavy atom. The smallest absolute Gasteiger partial charge is 0.265 e.